The Morgan fingerprint density at radius 1 is 1.19 bits per heavy atom. The lowest BCUT2D eigenvalue weighted by atomic mass is 9.95. The number of sulfone groups is 1. The number of amides is 2. The minimum Gasteiger partial charge on any atom is -0.350 e. The van der Waals surface area contributed by atoms with Crippen molar-refractivity contribution < 1.29 is 18.0 Å². The lowest BCUT2D eigenvalue weighted by Gasteiger charge is -2.34. The smallest absolute Gasteiger partial charge is 0.251 e. The Balaban J connectivity index is 2.23. The molecule has 0 saturated carbocycles. The van der Waals surface area contributed by atoms with Crippen LogP contribution in [0.2, 0.25) is 0 Å². The van der Waals surface area contributed by atoms with Crippen LogP contribution < -0.4 is 16.0 Å². The number of carbonyl (C=O) groups excluding carboxylic acids is 2. The van der Waals surface area contributed by atoms with E-state index in [0.717, 1.165) is 6.26 Å². The molecule has 0 aromatic heterocycles. The van der Waals surface area contributed by atoms with E-state index < -0.39 is 20.5 Å². The van der Waals surface area contributed by atoms with Crippen molar-refractivity contribution in [3.63, 3.8) is 0 Å². The Bertz CT molecular complexity index is 797. The average Bonchev–Trinajstić information content (AvgIpc) is 2.53. The van der Waals surface area contributed by atoms with Crippen LogP contribution in [0.3, 0.4) is 0 Å². The highest BCUT2D eigenvalue weighted by atomic mass is 32.2. The van der Waals surface area contributed by atoms with Crippen LogP contribution in [0.4, 0.5) is 5.69 Å². The molecule has 0 aliphatic carbocycles. The molecule has 1 aromatic carbocycles. The molecule has 1 aliphatic rings. The van der Waals surface area contributed by atoms with Gasteiger partial charge in [0.15, 0.2) is 14.6 Å². The summed E-state index contributed by atoms with van der Waals surface area (Å²) in [4.78, 5) is 25.0. The van der Waals surface area contributed by atoms with E-state index in [2.05, 4.69) is 16.0 Å². The summed E-state index contributed by atoms with van der Waals surface area (Å²) in [6, 6.07) is 4.97. The predicted molar refractivity (Wildman–Crippen MR) is 102 cm³/mol. The summed E-state index contributed by atoms with van der Waals surface area (Å²) < 4.78 is 23.2. The maximum absolute atomic E-state index is 12.8. The van der Waals surface area contributed by atoms with E-state index in [-0.39, 0.29) is 24.8 Å². The van der Waals surface area contributed by atoms with Gasteiger partial charge in [0.1, 0.15) is 0 Å². The van der Waals surface area contributed by atoms with Gasteiger partial charge < -0.3 is 16.0 Å². The fraction of sp³-hybridized carbons (Fsp3) is 0.556. The molecular formula is C18H27N3O4S. The van der Waals surface area contributed by atoms with E-state index in [4.69, 9.17) is 0 Å². The Morgan fingerprint density at radius 2 is 1.81 bits per heavy atom. The van der Waals surface area contributed by atoms with Crippen molar-refractivity contribution in [3.05, 3.63) is 29.3 Å². The molecule has 26 heavy (non-hydrogen) atoms. The first-order valence-corrected chi connectivity index (χ1v) is 10.6. The quantitative estimate of drug-likeness (QED) is 0.712. The van der Waals surface area contributed by atoms with Crippen molar-refractivity contribution in [1.29, 1.82) is 0 Å². The molecule has 1 fully saturated rings. The van der Waals surface area contributed by atoms with Crippen LogP contribution in [0.25, 0.3) is 0 Å². The van der Waals surface area contributed by atoms with Crippen LogP contribution in [-0.4, -0.2) is 50.4 Å². The van der Waals surface area contributed by atoms with Crippen LogP contribution in [0, 0.1) is 6.92 Å². The van der Waals surface area contributed by atoms with Crippen LogP contribution in [0.15, 0.2) is 18.2 Å². The van der Waals surface area contributed by atoms with Gasteiger partial charge in [-0.05, 0) is 70.5 Å². The van der Waals surface area contributed by atoms with E-state index in [9.17, 15) is 18.0 Å². The van der Waals surface area contributed by atoms with Crippen molar-refractivity contribution in [2.24, 2.45) is 0 Å². The van der Waals surface area contributed by atoms with E-state index in [1.807, 2.05) is 13.8 Å². The number of carbonyl (C=O) groups is 2. The molecule has 0 atom stereocenters. The third kappa shape index (κ3) is 4.24. The highest BCUT2D eigenvalue weighted by Crippen LogP contribution is 2.29. The van der Waals surface area contributed by atoms with Gasteiger partial charge in [0.2, 0.25) is 5.91 Å². The Kier molecular flexibility index (Phi) is 6.08. The largest absolute Gasteiger partial charge is 0.350 e. The van der Waals surface area contributed by atoms with Gasteiger partial charge in [0.05, 0.1) is 0 Å². The molecule has 1 aromatic rings. The van der Waals surface area contributed by atoms with Gasteiger partial charge in [0, 0.05) is 23.5 Å². The monoisotopic (exact) mass is 381 g/mol. The fourth-order valence-electron chi connectivity index (χ4n) is 3.18. The van der Waals surface area contributed by atoms with Gasteiger partial charge in [-0.25, -0.2) is 8.42 Å². The zero-order valence-corrected chi connectivity index (χ0v) is 16.5. The van der Waals surface area contributed by atoms with Crippen LogP contribution in [0.1, 0.15) is 42.6 Å². The second kappa shape index (κ2) is 7.75. The maximum atomic E-state index is 12.8. The summed E-state index contributed by atoms with van der Waals surface area (Å²) in [5.41, 5.74) is 1.71. The highest BCUT2D eigenvalue weighted by molar-refractivity contribution is 7.92. The Hall–Kier alpha value is -1.93. The summed E-state index contributed by atoms with van der Waals surface area (Å²) in [5.74, 6) is -0.693. The number of rotatable bonds is 5. The molecule has 0 radical (unpaired) electrons. The highest BCUT2D eigenvalue weighted by Gasteiger charge is 2.48. The summed E-state index contributed by atoms with van der Waals surface area (Å²) >= 11 is 0. The van der Waals surface area contributed by atoms with Gasteiger partial charge in [-0.15, -0.1) is 0 Å². The summed E-state index contributed by atoms with van der Waals surface area (Å²) in [6.07, 6.45) is 1.60. The van der Waals surface area contributed by atoms with E-state index >= 15 is 0 Å². The summed E-state index contributed by atoms with van der Waals surface area (Å²) in [6.45, 7) is 6.50. The number of nitrogens with one attached hydrogen (secondary N) is 3. The molecule has 144 valence electrons. The first-order chi connectivity index (χ1) is 12.1. The van der Waals surface area contributed by atoms with Crippen molar-refractivity contribution >= 4 is 27.3 Å². The molecule has 1 saturated heterocycles. The van der Waals surface area contributed by atoms with Gasteiger partial charge in [-0.2, -0.15) is 0 Å². The molecule has 2 rings (SSSR count). The topological polar surface area (TPSA) is 104 Å². The minimum atomic E-state index is -3.57. The normalized spacial score (nSPS) is 17.0. The van der Waals surface area contributed by atoms with Gasteiger partial charge in [0.25, 0.3) is 5.91 Å². The molecular weight excluding hydrogens is 354 g/mol. The number of hydrogen-bond donors (Lipinski definition) is 3. The molecule has 0 spiro atoms. The van der Waals surface area contributed by atoms with Crippen LogP contribution in [-0.2, 0) is 14.6 Å². The zero-order valence-electron chi connectivity index (χ0n) is 15.7. The number of aryl methyl sites for hydroxylation is 1. The molecule has 1 aliphatic heterocycles. The summed E-state index contributed by atoms with van der Waals surface area (Å²) in [7, 11) is -3.57. The standard InChI is InChI=1S/C18H27N3O4S/c1-12(2)20-16(22)15-6-5-14(11-13(15)3)21-17(23)18(26(4,24)25)7-9-19-10-8-18/h5-6,11-12,19H,7-10H2,1-4H3,(H,20,22)(H,21,23). The molecule has 3 N–H and O–H groups in total. The molecule has 8 heteroatoms. The van der Waals surface area contributed by atoms with Crippen molar-refractivity contribution in [1.82, 2.24) is 10.6 Å². The number of piperidine rings is 1. The lowest BCUT2D eigenvalue weighted by Crippen LogP contribution is -2.55. The maximum Gasteiger partial charge on any atom is 0.251 e. The number of hydrogen-bond acceptors (Lipinski definition) is 5. The second-order valence-corrected chi connectivity index (χ2v) is 9.45. The first-order valence-electron chi connectivity index (χ1n) is 8.70. The molecule has 1 heterocycles. The van der Waals surface area contributed by atoms with E-state index in [1.54, 1.807) is 25.1 Å². The Labute approximate surface area is 154 Å². The molecule has 7 nitrogen and oxygen atoms in total. The van der Waals surface area contributed by atoms with Gasteiger partial charge in [-0.3, -0.25) is 9.59 Å². The predicted octanol–water partition coefficient (Wildman–Crippen LogP) is 1.24. The van der Waals surface area contributed by atoms with Gasteiger partial charge in [-0.1, -0.05) is 0 Å². The molecule has 2 amide bonds. The van der Waals surface area contributed by atoms with Crippen molar-refractivity contribution in [3.8, 4) is 0 Å². The molecule has 0 unspecified atom stereocenters. The SMILES string of the molecule is Cc1cc(NC(=O)C2(S(C)(=O)=O)CCNCC2)ccc1C(=O)NC(C)C. The number of anilines is 1. The third-order valence-electron chi connectivity index (χ3n) is 4.68. The first kappa shape index (κ1) is 20.4. The number of benzene rings is 1. The average molecular weight is 381 g/mol. The van der Waals surface area contributed by atoms with Crippen LogP contribution in [0.5, 0.6) is 0 Å². The molecule has 0 bridgehead atoms. The Morgan fingerprint density at radius 3 is 2.31 bits per heavy atom. The fourth-order valence-corrected chi connectivity index (χ4v) is 4.51. The van der Waals surface area contributed by atoms with Crippen LogP contribution >= 0.6 is 0 Å². The summed E-state index contributed by atoms with van der Waals surface area (Å²) in [5, 5.41) is 8.64. The van der Waals surface area contributed by atoms with E-state index in [1.165, 1.54) is 0 Å². The lowest BCUT2D eigenvalue weighted by molar-refractivity contribution is -0.119. The van der Waals surface area contributed by atoms with Gasteiger partial charge >= 0.3 is 0 Å². The zero-order chi connectivity index (χ0) is 19.5. The second-order valence-electron chi connectivity index (χ2n) is 7.13. The van der Waals surface area contributed by atoms with E-state index in [0.29, 0.717) is 29.9 Å². The minimum absolute atomic E-state index is 0.0239. The van der Waals surface area contributed by atoms with Crippen molar-refractivity contribution in [2.75, 3.05) is 24.7 Å². The third-order valence-corrected chi connectivity index (χ3v) is 6.70. The van der Waals surface area contributed by atoms with Crippen molar-refractivity contribution in [2.45, 2.75) is 44.4 Å².